The van der Waals surface area contributed by atoms with Gasteiger partial charge in [0.1, 0.15) is 22.5 Å². The van der Waals surface area contributed by atoms with Crippen LogP contribution in [0.15, 0.2) is 67.4 Å². The molecule has 1 fully saturated rings. The molecular weight excluding hydrogens is 479 g/mol. The van der Waals surface area contributed by atoms with Gasteiger partial charge in [-0.3, -0.25) is 20.0 Å². The third-order valence-corrected chi connectivity index (χ3v) is 7.21. The molecule has 0 saturated carbocycles. The standard InChI is InChI=1S/C29H25FN8/c30-24-14-20(21-12-18(15-32-16-21)17-38-10-2-1-3-11-38)13-23-25(24)36-37-27(23)29-34-26-22(6-9-33-28(26)35-29)19-4-7-31-8-5-19/h4-9,12-16H,1-3,10-11,17H2,(H,36,37)(H,33,34,35). The molecule has 38 heavy (non-hydrogen) atoms. The number of benzene rings is 1. The Morgan fingerprint density at radius 2 is 1.74 bits per heavy atom. The highest BCUT2D eigenvalue weighted by Crippen LogP contribution is 2.34. The van der Waals surface area contributed by atoms with Crippen LogP contribution >= 0.6 is 0 Å². The zero-order valence-electron chi connectivity index (χ0n) is 20.7. The largest absolute Gasteiger partial charge is 0.321 e. The summed E-state index contributed by atoms with van der Waals surface area (Å²) >= 11 is 0. The summed E-state index contributed by atoms with van der Waals surface area (Å²) in [5, 5.41) is 7.93. The van der Waals surface area contributed by atoms with Crippen molar-refractivity contribution in [3.05, 3.63) is 78.8 Å². The number of imidazole rings is 1. The van der Waals surface area contributed by atoms with E-state index < -0.39 is 0 Å². The van der Waals surface area contributed by atoms with E-state index >= 15 is 4.39 Å². The number of fused-ring (bicyclic) bond motifs is 2. The normalized spacial score (nSPS) is 14.4. The van der Waals surface area contributed by atoms with Crippen molar-refractivity contribution in [1.29, 1.82) is 0 Å². The maximum absolute atomic E-state index is 15.3. The number of halogens is 1. The van der Waals surface area contributed by atoms with Crippen molar-refractivity contribution >= 4 is 22.1 Å². The van der Waals surface area contributed by atoms with Crippen LogP contribution in [0.5, 0.6) is 0 Å². The summed E-state index contributed by atoms with van der Waals surface area (Å²) in [6.07, 6.45) is 12.7. The molecule has 0 radical (unpaired) electrons. The molecule has 0 aliphatic carbocycles. The van der Waals surface area contributed by atoms with Gasteiger partial charge in [0.05, 0.1) is 0 Å². The smallest absolute Gasteiger partial charge is 0.160 e. The summed E-state index contributed by atoms with van der Waals surface area (Å²) in [5.41, 5.74) is 6.90. The summed E-state index contributed by atoms with van der Waals surface area (Å²) in [4.78, 5) is 23.6. The highest BCUT2D eigenvalue weighted by molar-refractivity contribution is 5.97. The molecule has 0 bridgehead atoms. The zero-order valence-corrected chi connectivity index (χ0v) is 20.7. The number of rotatable bonds is 5. The van der Waals surface area contributed by atoms with Crippen LogP contribution in [0.2, 0.25) is 0 Å². The Morgan fingerprint density at radius 1 is 0.868 bits per heavy atom. The van der Waals surface area contributed by atoms with Crippen molar-refractivity contribution in [3.63, 3.8) is 0 Å². The van der Waals surface area contributed by atoms with Crippen molar-refractivity contribution in [2.24, 2.45) is 0 Å². The minimum absolute atomic E-state index is 0.337. The minimum Gasteiger partial charge on any atom is -0.321 e. The number of piperidine rings is 1. The SMILES string of the molecule is Fc1cc(-c2cncc(CN3CCCCC3)c2)cc2c(-c3nc4c(-c5ccncc5)ccnc4[nH]3)n[nH]c12. The topological polar surface area (TPSA) is 99.3 Å². The van der Waals surface area contributed by atoms with Gasteiger partial charge in [0.15, 0.2) is 11.5 Å². The third-order valence-electron chi connectivity index (χ3n) is 7.21. The maximum Gasteiger partial charge on any atom is 0.160 e. The fourth-order valence-electron chi connectivity index (χ4n) is 5.32. The molecule has 1 aliphatic heterocycles. The lowest BCUT2D eigenvalue weighted by atomic mass is 10.0. The number of nitrogens with one attached hydrogen (secondary N) is 2. The van der Waals surface area contributed by atoms with Crippen LogP contribution < -0.4 is 0 Å². The van der Waals surface area contributed by atoms with E-state index in [2.05, 4.69) is 41.1 Å². The van der Waals surface area contributed by atoms with Crippen LogP contribution in [0.25, 0.3) is 55.8 Å². The molecular formula is C29H25FN8. The van der Waals surface area contributed by atoms with E-state index in [1.165, 1.54) is 25.3 Å². The average Bonchev–Trinajstić information content (AvgIpc) is 3.59. The van der Waals surface area contributed by atoms with Crippen LogP contribution in [0, 0.1) is 5.82 Å². The molecule has 7 rings (SSSR count). The zero-order chi connectivity index (χ0) is 25.5. The molecule has 1 aliphatic rings. The van der Waals surface area contributed by atoms with Crippen LogP contribution in [0.1, 0.15) is 24.8 Å². The lowest BCUT2D eigenvalue weighted by Gasteiger charge is -2.26. The first kappa shape index (κ1) is 22.7. The highest BCUT2D eigenvalue weighted by atomic mass is 19.1. The first-order chi connectivity index (χ1) is 18.7. The van der Waals surface area contributed by atoms with Crippen LogP contribution in [-0.4, -0.2) is 53.1 Å². The monoisotopic (exact) mass is 504 g/mol. The highest BCUT2D eigenvalue weighted by Gasteiger charge is 2.19. The molecule has 5 aromatic heterocycles. The van der Waals surface area contributed by atoms with E-state index in [0.717, 1.165) is 53.0 Å². The Morgan fingerprint density at radius 3 is 2.61 bits per heavy atom. The quantitative estimate of drug-likeness (QED) is 0.310. The number of nitrogens with zero attached hydrogens (tertiary/aromatic N) is 6. The van der Waals surface area contributed by atoms with E-state index in [1.807, 2.05) is 30.5 Å². The summed E-state index contributed by atoms with van der Waals surface area (Å²) in [6.45, 7) is 3.07. The van der Waals surface area contributed by atoms with Gasteiger partial charge in [0.2, 0.25) is 0 Å². The second kappa shape index (κ2) is 9.42. The van der Waals surface area contributed by atoms with E-state index in [4.69, 9.17) is 4.98 Å². The molecule has 0 unspecified atom stereocenters. The molecule has 0 amide bonds. The third kappa shape index (κ3) is 4.10. The minimum atomic E-state index is -0.371. The number of pyridine rings is 3. The van der Waals surface area contributed by atoms with E-state index in [1.54, 1.807) is 24.8 Å². The van der Waals surface area contributed by atoms with Crippen molar-refractivity contribution < 1.29 is 4.39 Å². The number of aromatic amines is 2. The van der Waals surface area contributed by atoms with E-state index in [-0.39, 0.29) is 5.82 Å². The summed E-state index contributed by atoms with van der Waals surface area (Å²) in [5.74, 6) is 0.151. The molecule has 8 nitrogen and oxygen atoms in total. The Labute approximate surface area is 218 Å². The molecule has 6 heterocycles. The molecule has 1 aromatic carbocycles. The van der Waals surface area contributed by atoms with Gasteiger partial charge >= 0.3 is 0 Å². The summed E-state index contributed by atoms with van der Waals surface area (Å²) < 4.78 is 15.3. The Kier molecular flexibility index (Phi) is 5.62. The number of likely N-dealkylation sites (tertiary alicyclic amines) is 1. The van der Waals surface area contributed by atoms with Crippen molar-refractivity contribution in [1.82, 2.24) is 40.0 Å². The van der Waals surface area contributed by atoms with Gasteiger partial charge in [-0.15, -0.1) is 0 Å². The lowest BCUT2D eigenvalue weighted by Crippen LogP contribution is -2.29. The van der Waals surface area contributed by atoms with E-state index in [0.29, 0.717) is 28.1 Å². The first-order valence-electron chi connectivity index (χ1n) is 12.8. The number of aromatic nitrogens is 7. The Bertz CT molecular complexity index is 1750. The van der Waals surface area contributed by atoms with Crippen molar-refractivity contribution in [3.8, 4) is 33.8 Å². The Hall–Kier alpha value is -4.50. The molecule has 2 N–H and O–H groups in total. The van der Waals surface area contributed by atoms with Gasteiger partial charge in [0, 0.05) is 54.0 Å². The summed E-state index contributed by atoms with van der Waals surface area (Å²) in [7, 11) is 0. The maximum atomic E-state index is 15.3. The fraction of sp³-hybridized carbons (Fsp3) is 0.207. The number of H-pyrrole nitrogens is 2. The molecule has 6 aromatic rings. The molecule has 0 spiro atoms. The fourth-order valence-corrected chi connectivity index (χ4v) is 5.32. The lowest BCUT2D eigenvalue weighted by molar-refractivity contribution is 0.220. The van der Waals surface area contributed by atoms with Gasteiger partial charge in [0.25, 0.3) is 0 Å². The van der Waals surface area contributed by atoms with Gasteiger partial charge in [-0.05, 0) is 79.0 Å². The predicted molar refractivity (Wildman–Crippen MR) is 145 cm³/mol. The van der Waals surface area contributed by atoms with E-state index in [9.17, 15) is 0 Å². The molecule has 0 atom stereocenters. The van der Waals surface area contributed by atoms with Gasteiger partial charge < -0.3 is 4.98 Å². The average molecular weight is 505 g/mol. The van der Waals surface area contributed by atoms with Crippen LogP contribution in [-0.2, 0) is 6.54 Å². The second-order valence-electron chi connectivity index (χ2n) is 9.75. The Balaban J connectivity index is 1.29. The van der Waals surface area contributed by atoms with Gasteiger partial charge in [-0.2, -0.15) is 5.10 Å². The van der Waals surface area contributed by atoms with Crippen molar-refractivity contribution in [2.45, 2.75) is 25.8 Å². The van der Waals surface area contributed by atoms with Gasteiger partial charge in [-0.25, -0.2) is 14.4 Å². The number of hydrogen-bond acceptors (Lipinski definition) is 6. The second-order valence-corrected chi connectivity index (χ2v) is 9.75. The van der Waals surface area contributed by atoms with Crippen molar-refractivity contribution in [2.75, 3.05) is 13.1 Å². The predicted octanol–water partition coefficient (Wildman–Crippen LogP) is 5.75. The summed E-state index contributed by atoms with van der Waals surface area (Å²) in [6, 6.07) is 11.4. The molecule has 188 valence electrons. The van der Waals surface area contributed by atoms with Crippen LogP contribution in [0.4, 0.5) is 4.39 Å². The van der Waals surface area contributed by atoms with Crippen LogP contribution in [0.3, 0.4) is 0 Å². The van der Waals surface area contributed by atoms with Gasteiger partial charge in [-0.1, -0.05) is 6.42 Å². The molecule has 9 heteroatoms. The molecule has 1 saturated heterocycles. The number of hydrogen-bond donors (Lipinski definition) is 2. The first-order valence-corrected chi connectivity index (χ1v) is 12.8.